The topological polar surface area (TPSA) is 39.9 Å². The van der Waals surface area contributed by atoms with Crippen LogP contribution in [0.4, 0.5) is 13.2 Å². The van der Waals surface area contributed by atoms with E-state index < -0.39 is 11.7 Å². The molecule has 0 N–H and O–H groups in total. The molecule has 1 aliphatic rings. The smallest absolute Gasteiger partial charge is 0.417 e. The summed E-state index contributed by atoms with van der Waals surface area (Å²) in [6, 6.07) is 13.8. The number of benzene rings is 2. The Balaban J connectivity index is 1.81. The minimum Gasteiger partial charge on any atom is -0.497 e. The van der Waals surface area contributed by atoms with E-state index in [0.717, 1.165) is 24.0 Å². The SMILES string of the molecule is COc1ccc(-n2nc(C3CC3)c3c(C(F)(F)F)cc(-c4ccc(C)c(C)c4)nc32)cc1. The van der Waals surface area contributed by atoms with Crippen molar-refractivity contribution in [1.29, 1.82) is 0 Å². The molecule has 1 fully saturated rings. The van der Waals surface area contributed by atoms with Crippen LogP contribution in [0.1, 0.15) is 41.1 Å². The number of hydrogen-bond acceptors (Lipinski definition) is 3. The quantitative estimate of drug-likeness (QED) is 0.361. The Labute approximate surface area is 183 Å². The molecule has 0 spiro atoms. The zero-order chi connectivity index (χ0) is 22.6. The molecule has 0 bridgehead atoms. The third-order valence-electron chi connectivity index (χ3n) is 6.05. The third kappa shape index (κ3) is 3.51. The van der Waals surface area contributed by atoms with Crippen LogP contribution in [0.25, 0.3) is 28.0 Å². The molecule has 0 aliphatic heterocycles. The molecular formula is C25H22F3N3O. The standard InChI is InChI=1S/C25H22F3N3O/c1-14-4-5-17(12-15(14)2)21-13-20(25(26,27)28)22-23(16-6-7-16)30-31(24(22)29-21)18-8-10-19(32-3)11-9-18/h4-5,8-13,16H,6-7H2,1-3H3. The lowest BCUT2D eigenvalue weighted by molar-refractivity contribution is -0.136. The van der Waals surface area contributed by atoms with Crippen molar-refractivity contribution < 1.29 is 17.9 Å². The average Bonchev–Trinajstić information content (AvgIpc) is 3.55. The molecule has 2 heterocycles. The minimum atomic E-state index is -4.52. The summed E-state index contributed by atoms with van der Waals surface area (Å²) in [5, 5.41) is 4.73. The van der Waals surface area contributed by atoms with Gasteiger partial charge in [-0.25, -0.2) is 9.67 Å². The maximum absolute atomic E-state index is 14.2. The van der Waals surface area contributed by atoms with Crippen molar-refractivity contribution in [3.05, 3.63) is 70.9 Å². The second-order valence-corrected chi connectivity index (χ2v) is 8.32. The monoisotopic (exact) mass is 437 g/mol. The van der Waals surface area contributed by atoms with Crippen LogP contribution < -0.4 is 4.74 Å². The van der Waals surface area contributed by atoms with Crippen LogP contribution in [0.15, 0.2) is 48.5 Å². The highest BCUT2D eigenvalue weighted by molar-refractivity contribution is 5.88. The van der Waals surface area contributed by atoms with E-state index in [2.05, 4.69) is 5.10 Å². The molecule has 0 radical (unpaired) electrons. The molecule has 1 aliphatic carbocycles. The summed E-state index contributed by atoms with van der Waals surface area (Å²) in [7, 11) is 1.57. The number of fused-ring (bicyclic) bond motifs is 1. The highest BCUT2D eigenvalue weighted by Gasteiger charge is 2.39. The lowest BCUT2D eigenvalue weighted by Crippen LogP contribution is -2.08. The zero-order valence-corrected chi connectivity index (χ0v) is 18.0. The first-order valence-electron chi connectivity index (χ1n) is 10.5. The molecule has 164 valence electrons. The van der Waals surface area contributed by atoms with Crippen LogP contribution in [-0.4, -0.2) is 21.9 Å². The van der Waals surface area contributed by atoms with Gasteiger partial charge in [-0.1, -0.05) is 12.1 Å². The molecule has 0 saturated heterocycles. The van der Waals surface area contributed by atoms with Crippen LogP contribution in [0, 0.1) is 13.8 Å². The van der Waals surface area contributed by atoms with Gasteiger partial charge in [-0.3, -0.25) is 0 Å². The highest BCUT2D eigenvalue weighted by Crippen LogP contribution is 2.47. The van der Waals surface area contributed by atoms with E-state index in [-0.39, 0.29) is 22.6 Å². The van der Waals surface area contributed by atoms with E-state index in [1.807, 2.05) is 32.0 Å². The molecule has 4 nitrogen and oxygen atoms in total. The fourth-order valence-corrected chi connectivity index (χ4v) is 3.96. The van der Waals surface area contributed by atoms with E-state index in [4.69, 9.17) is 9.72 Å². The van der Waals surface area contributed by atoms with Crippen LogP contribution in [-0.2, 0) is 6.18 Å². The fourth-order valence-electron chi connectivity index (χ4n) is 3.96. The molecule has 32 heavy (non-hydrogen) atoms. The van der Waals surface area contributed by atoms with Crippen molar-refractivity contribution in [3.63, 3.8) is 0 Å². The van der Waals surface area contributed by atoms with Crippen molar-refractivity contribution >= 4 is 11.0 Å². The molecule has 2 aromatic heterocycles. The van der Waals surface area contributed by atoms with Crippen molar-refractivity contribution in [3.8, 4) is 22.7 Å². The Morgan fingerprint density at radius 2 is 1.69 bits per heavy atom. The van der Waals surface area contributed by atoms with Gasteiger partial charge in [0.15, 0.2) is 5.65 Å². The molecule has 1 saturated carbocycles. The van der Waals surface area contributed by atoms with Crippen molar-refractivity contribution in [1.82, 2.24) is 14.8 Å². The first-order chi connectivity index (χ1) is 15.3. The Morgan fingerprint density at radius 3 is 2.28 bits per heavy atom. The number of methoxy groups -OCH3 is 1. The van der Waals surface area contributed by atoms with E-state index >= 15 is 0 Å². The molecule has 0 unspecified atom stereocenters. The molecule has 4 aromatic rings. The first kappa shape index (κ1) is 20.5. The Bertz CT molecular complexity index is 1320. The Kier molecular flexibility index (Phi) is 4.73. The number of pyridine rings is 1. The van der Waals surface area contributed by atoms with Crippen LogP contribution in [0.5, 0.6) is 5.75 Å². The van der Waals surface area contributed by atoms with E-state index in [1.54, 1.807) is 31.4 Å². The molecule has 0 atom stereocenters. The molecule has 5 rings (SSSR count). The van der Waals surface area contributed by atoms with Gasteiger partial charge in [0, 0.05) is 11.5 Å². The lowest BCUT2D eigenvalue weighted by Gasteiger charge is -2.13. The van der Waals surface area contributed by atoms with Gasteiger partial charge in [0.2, 0.25) is 0 Å². The Morgan fingerprint density at radius 1 is 0.969 bits per heavy atom. The van der Waals surface area contributed by atoms with Crippen molar-refractivity contribution in [2.45, 2.75) is 38.8 Å². The van der Waals surface area contributed by atoms with E-state index in [1.165, 1.54) is 10.7 Å². The number of alkyl halides is 3. The van der Waals surface area contributed by atoms with E-state index in [9.17, 15) is 13.2 Å². The van der Waals surface area contributed by atoms with Gasteiger partial charge in [0.25, 0.3) is 0 Å². The Hall–Kier alpha value is -3.35. The summed E-state index contributed by atoms with van der Waals surface area (Å²) < 4.78 is 49.5. The summed E-state index contributed by atoms with van der Waals surface area (Å²) in [6.07, 6.45) is -2.84. The fraction of sp³-hybridized carbons (Fsp3) is 0.280. The number of aromatic nitrogens is 3. The van der Waals surface area contributed by atoms with Gasteiger partial charge >= 0.3 is 6.18 Å². The predicted octanol–water partition coefficient (Wildman–Crippen LogP) is 6.61. The summed E-state index contributed by atoms with van der Waals surface area (Å²) in [5.74, 6) is 0.694. The number of aryl methyl sites for hydroxylation is 2. The summed E-state index contributed by atoms with van der Waals surface area (Å²) >= 11 is 0. The lowest BCUT2D eigenvalue weighted by atomic mass is 10.0. The van der Waals surface area contributed by atoms with Gasteiger partial charge in [0.05, 0.1) is 35.1 Å². The largest absolute Gasteiger partial charge is 0.497 e. The molecular weight excluding hydrogens is 415 g/mol. The number of hydrogen-bond donors (Lipinski definition) is 0. The zero-order valence-electron chi connectivity index (χ0n) is 18.0. The van der Waals surface area contributed by atoms with E-state index in [0.29, 0.717) is 22.7 Å². The molecule has 0 amide bonds. The third-order valence-corrected chi connectivity index (χ3v) is 6.05. The number of ether oxygens (including phenoxy) is 1. The first-order valence-corrected chi connectivity index (χ1v) is 10.5. The summed E-state index contributed by atoms with van der Waals surface area (Å²) in [6.45, 7) is 3.91. The normalized spacial score (nSPS) is 14.2. The second-order valence-electron chi connectivity index (χ2n) is 8.32. The maximum Gasteiger partial charge on any atom is 0.417 e. The number of halogens is 3. The van der Waals surface area contributed by atoms with Crippen LogP contribution in [0.3, 0.4) is 0 Å². The van der Waals surface area contributed by atoms with Gasteiger partial charge in [-0.15, -0.1) is 0 Å². The van der Waals surface area contributed by atoms with Crippen LogP contribution >= 0.6 is 0 Å². The summed E-state index contributed by atoms with van der Waals surface area (Å²) in [4.78, 5) is 4.71. The van der Waals surface area contributed by atoms with Gasteiger partial charge < -0.3 is 4.74 Å². The summed E-state index contributed by atoms with van der Waals surface area (Å²) in [5.41, 5.74) is 3.66. The second kappa shape index (κ2) is 7.36. The number of nitrogens with zero attached hydrogens (tertiary/aromatic N) is 3. The highest BCUT2D eigenvalue weighted by atomic mass is 19.4. The average molecular weight is 437 g/mol. The predicted molar refractivity (Wildman–Crippen MR) is 117 cm³/mol. The van der Waals surface area contributed by atoms with Gasteiger partial charge in [0.1, 0.15) is 5.75 Å². The molecule has 2 aromatic carbocycles. The minimum absolute atomic E-state index is 0.0346. The van der Waals surface area contributed by atoms with Gasteiger partial charge in [-0.2, -0.15) is 18.3 Å². The van der Waals surface area contributed by atoms with Crippen LogP contribution in [0.2, 0.25) is 0 Å². The number of rotatable bonds is 4. The maximum atomic E-state index is 14.2. The van der Waals surface area contributed by atoms with Gasteiger partial charge in [-0.05, 0) is 74.2 Å². The molecule has 7 heteroatoms. The van der Waals surface area contributed by atoms with Crippen molar-refractivity contribution in [2.24, 2.45) is 0 Å². The van der Waals surface area contributed by atoms with Crippen molar-refractivity contribution in [2.75, 3.05) is 7.11 Å².